The average Bonchev–Trinajstić information content (AvgIpc) is 3.05. The number of esters is 3. The van der Waals surface area contributed by atoms with Gasteiger partial charge in [-0.3, -0.25) is 14.4 Å². The van der Waals surface area contributed by atoms with Crippen LogP contribution in [0.1, 0.15) is 6.92 Å². The van der Waals surface area contributed by atoms with E-state index in [-0.39, 0.29) is 11.8 Å². The van der Waals surface area contributed by atoms with E-state index in [4.69, 9.17) is 4.74 Å². The molecule has 0 saturated heterocycles. The van der Waals surface area contributed by atoms with Crippen LogP contribution in [0.3, 0.4) is 0 Å². The molecule has 0 radical (unpaired) electrons. The molecule has 8 nitrogen and oxygen atoms in total. The molecule has 1 aromatic rings. The smallest absolute Gasteiger partial charge is 0.338 e. The summed E-state index contributed by atoms with van der Waals surface area (Å²) in [5.74, 6) is -1.97. The van der Waals surface area contributed by atoms with E-state index >= 15 is 0 Å². The second-order valence-electron chi connectivity index (χ2n) is 4.51. The molecule has 0 fully saturated rings. The predicted molar refractivity (Wildman–Crippen MR) is 79.6 cm³/mol. The molecule has 122 valence electrons. The maximum Gasteiger partial charge on any atom is 0.338 e. The maximum atomic E-state index is 11.4. The van der Waals surface area contributed by atoms with E-state index < -0.39 is 17.9 Å². The van der Waals surface area contributed by atoms with Crippen molar-refractivity contribution in [3.8, 4) is 5.75 Å². The highest BCUT2D eigenvalue weighted by atomic mass is 16.6. The third kappa shape index (κ3) is 4.23. The van der Waals surface area contributed by atoms with Crippen molar-refractivity contribution in [3.63, 3.8) is 0 Å². The molecule has 0 N–H and O–H groups in total. The van der Waals surface area contributed by atoms with Gasteiger partial charge in [-0.05, 0) is 24.3 Å². The monoisotopic (exact) mass is 329 g/mol. The Morgan fingerprint density at radius 2 is 1.38 bits per heavy atom. The Balaban J connectivity index is 0.000000249. The van der Waals surface area contributed by atoms with Crippen LogP contribution in [0, 0.1) is 0 Å². The summed E-state index contributed by atoms with van der Waals surface area (Å²) in [4.78, 5) is 54.4. The topological polar surface area (TPSA) is 107 Å². The first-order chi connectivity index (χ1) is 11.4. The molecule has 24 heavy (non-hydrogen) atoms. The standard InChI is InChI=1S/C12H9NO4.C4H2O3/c1-8(14)17-10-4-2-9(3-5-10)13-11(15)6-7-12(13)16;5-3-1-2-4(6)7-3/h2-7H,1H3;1-2H. The molecule has 2 heterocycles. The number of nitrogens with zero attached hydrogens (tertiary/aromatic N) is 1. The van der Waals surface area contributed by atoms with Crippen molar-refractivity contribution < 1.29 is 33.4 Å². The zero-order valence-electron chi connectivity index (χ0n) is 12.4. The second-order valence-corrected chi connectivity index (χ2v) is 4.51. The molecule has 0 aliphatic carbocycles. The minimum absolute atomic E-state index is 0.369. The lowest BCUT2D eigenvalue weighted by Crippen LogP contribution is -2.29. The van der Waals surface area contributed by atoms with E-state index in [9.17, 15) is 24.0 Å². The van der Waals surface area contributed by atoms with Gasteiger partial charge in [0.2, 0.25) is 0 Å². The first-order valence-corrected chi connectivity index (χ1v) is 6.65. The minimum Gasteiger partial charge on any atom is -0.427 e. The van der Waals surface area contributed by atoms with Crippen LogP contribution < -0.4 is 9.64 Å². The van der Waals surface area contributed by atoms with Gasteiger partial charge in [0, 0.05) is 31.2 Å². The van der Waals surface area contributed by atoms with Gasteiger partial charge in [0.05, 0.1) is 5.69 Å². The van der Waals surface area contributed by atoms with E-state index in [1.807, 2.05) is 0 Å². The van der Waals surface area contributed by atoms with Crippen molar-refractivity contribution in [2.75, 3.05) is 4.90 Å². The molecule has 0 atom stereocenters. The Bertz CT molecular complexity index is 740. The van der Waals surface area contributed by atoms with Crippen LogP contribution in [-0.4, -0.2) is 29.7 Å². The summed E-state index contributed by atoms with van der Waals surface area (Å²) < 4.78 is 8.81. The fourth-order valence-electron chi connectivity index (χ4n) is 1.79. The third-order valence-electron chi connectivity index (χ3n) is 2.72. The lowest BCUT2D eigenvalue weighted by molar-refractivity contribution is -0.150. The van der Waals surface area contributed by atoms with Crippen LogP contribution in [0.15, 0.2) is 48.6 Å². The van der Waals surface area contributed by atoms with Crippen molar-refractivity contribution in [1.82, 2.24) is 0 Å². The van der Waals surface area contributed by atoms with Gasteiger partial charge in [-0.2, -0.15) is 0 Å². The second kappa shape index (κ2) is 7.14. The fourth-order valence-corrected chi connectivity index (χ4v) is 1.79. The lowest BCUT2D eigenvalue weighted by Gasteiger charge is -2.13. The summed E-state index contributed by atoms with van der Waals surface area (Å²) in [5, 5.41) is 0. The number of ether oxygens (including phenoxy) is 2. The van der Waals surface area contributed by atoms with Crippen LogP contribution >= 0.6 is 0 Å². The van der Waals surface area contributed by atoms with Crippen LogP contribution in [0.2, 0.25) is 0 Å². The summed E-state index contributed by atoms with van der Waals surface area (Å²) in [7, 11) is 0. The Labute approximate surface area is 135 Å². The van der Waals surface area contributed by atoms with Crippen LogP contribution in [0.25, 0.3) is 0 Å². The van der Waals surface area contributed by atoms with Crippen molar-refractivity contribution in [3.05, 3.63) is 48.6 Å². The van der Waals surface area contributed by atoms with Crippen LogP contribution in [0.5, 0.6) is 5.75 Å². The van der Waals surface area contributed by atoms with Crippen LogP contribution in [0.4, 0.5) is 5.69 Å². The zero-order valence-corrected chi connectivity index (χ0v) is 12.4. The zero-order chi connectivity index (χ0) is 17.7. The van der Waals surface area contributed by atoms with Gasteiger partial charge in [0.25, 0.3) is 11.8 Å². The summed E-state index contributed by atoms with van der Waals surface area (Å²) in [5.41, 5.74) is 0.445. The average molecular weight is 329 g/mol. The quantitative estimate of drug-likeness (QED) is 0.339. The normalized spacial score (nSPS) is 15.3. The summed E-state index contributed by atoms with van der Waals surface area (Å²) in [6.07, 6.45) is 4.59. The lowest BCUT2D eigenvalue weighted by atomic mass is 10.3. The van der Waals surface area contributed by atoms with E-state index in [0.29, 0.717) is 11.4 Å². The number of hydrogen-bond acceptors (Lipinski definition) is 7. The Kier molecular flexibility index (Phi) is 5.00. The molecule has 0 aromatic heterocycles. The highest BCUT2D eigenvalue weighted by Gasteiger charge is 2.24. The van der Waals surface area contributed by atoms with Gasteiger partial charge < -0.3 is 9.47 Å². The number of hydrogen-bond donors (Lipinski definition) is 0. The maximum absolute atomic E-state index is 11.4. The third-order valence-corrected chi connectivity index (χ3v) is 2.72. The van der Waals surface area contributed by atoms with Crippen LogP contribution in [-0.2, 0) is 28.7 Å². The summed E-state index contributed by atoms with van der Waals surface area (Å²) >= 11 is 0. The Morgan fingerprint density at radius 3 is 1.75 bits per heavy atom. The predicted octanol–water partition coefficient (Wildman–Crippen LogP) is 0.667. The highest BCUT2D eigenvalue weighted by molar-refractivity contribution is 6.28. The molecule has 0 saturated carbocycles. The number of imide groups is 1. The first kappa shape index (κ1) is 16.8. The minimum atomic E-state index is -0.579. The molecule has 2 amide bonds. The number of rotatable bonds is 2. The number of amides is 2. The van der Waals surface area contributed by atoms with Crippen molar-refractivity contribution in [1.29, 1.82) is 0 Å². The summed E-state index contributed by atoms with van der Waals surface area (Å²) in [6.45, 7) is 1.30. The fraction of sp³-hybridized carbons (Fsp3) is 0.0625. The van der Waals surface area contributed by atoms with Gasteiger partial charge in [-0.1, -0.05) is 0 Å². The van der Waals surface area contributed by atoms with E-state index in [1.54, 1.807) is 12.1 Å². The van der Waals surface area contributed by atoms with Crippen molar-refractivity contribution in [2.24, 2.45) is 0 Å². The largest absolute Gasteiger partial charge is 0.427 e. The number of carbonyl (C=O) groups is 5. The van der Waals surface area contributed by atoms with Gasteiger partial charge in [0.1, 0.15) is 5.75 Å². The molecule has 8 heteroatoms. The molecule has 0 spiro atoms. The Hall–Kier alpha value is -3.55. The first-order valence-electron chi connectivity index (χ1n) is 6.65. The molecule has 3 rings (SSSR count). The molecule has 0 unspecified atom stereocenters. The number of benzene rings is 1. The summed E-state index contributed by atoms with van der Waals surface area (Å²) in [6, 6.07) is 6.13. The van der Waals surface area contributed by atoms with Crippen molar-refractivity contribution in [2.45, 2.75) is 6.92 Å². The molecule has 2 aliphatic heterocycles. The number of cyclic esters (lactones) is 2. The Morgan fingerprint density at radius 1 is 0.875 bits per heavy atom. The molecular formula is C16H11NO7. The molecular weight excluding hydrogens is 318 g/mol. The highest BCUT2D eigenvalue weighted by Crippen LogP contribution is 2.22. The van der Waals surface area contributed by atoms with Crippen molar-refractivity contribution >= 4 is 35.4 Å². The van der Waals surface area contributed by atoms with E-state index in [0.717, 1.165) is 17.1 Å². The van der Waals surface area contributed by atoms with Gasteiger partial charge in [-0.15, -0.1) is 0 Å². The molecule has 0 bridgehead atoms. The number of carbonyl (C=O) groups excluding carboxylic acids is 5. The SMILES string of the molecule is CC(=O)Oc1ccc(N2C(=O)C=CC2=O)cc1.O=C1C=CC(=O)O1. The number of anilines is 1. The van der Waals surface area contributed by atoms with Gasteiger partial charge >= 0.3 is 17.9 Å². The van der Waals surface area contributed by atoms with Gasteiger partial charge in [0.15, 0.2) is 0 Å². The van der Waals surface area contributed by atoms with E-state index in [1.165, 1.54) is 31.2 Å². The molecule has 1 aromatic carbocycles. The van der Waals surface area contributed by atoms with Gasteiger partial charge in [-0.25, -0.2) is 14.5 Å². The molecule has 2 aliphatic rings. The van der Waals surface area contributed by atoms with E-state index in [2.05, 4.69) is 4.74 Å².